The fraction of sp³-hybridized carbons (Fsp3) is 0.609. The zero-order valence-electron chi connectivity index (χ0n) is 19.1. The van der Waals surface area contributed by atoms with Gasteiger partial charge in [0, 0.05) is 38.5 Å². The highest BCUT2D eigenvalue weighted by molar-refractivity contribution is 6.08. The second-order valence-electron chi connectivity index (χ2n) is 8.61. The molecule has 1 saturated heterocycles. The van der Waals surface area contributed by atoms with Crippen LogP contribution in [0.2, 0.25) is 0 Å². The number of carboxylic acids is 1. The van der Waals surface area contributed by atoms with Crippen LogP contribution in [-0.4, -0.2) is 71.1 Å². The number of amidine groups is 1. The summed E-state index contributed by atoms with van der Waals surface area (Å²) < 4.78 is 37.1. The summed E-state index contributed by atoms with van der Waals surface area (Å²) in [6.45, 7) is 7.84. The summed E-state index contributed by atoms with van der Waals surface area (Å²) in [5.74, 6) is 0.339. The van der Waals surface area contributed by atoms with Crippen LogP contribution in [-0.2, 0) is 16.1 Å². The number of methoxy groups -OCH3 is 1. The summed E-state index contributed by atoms with van der Waals surface area (Å²) in [6, 6.07) is 8.29. The van der Waals surface area contributed by atoms with E-state index in [-0.39, 0.29) is 5.91 Å². The number of hydrogen-bond donors (Lipinski definition) is 1. The molecule has 4 rings (SSSR count). The zero-order chi connectivity index (χ0) is 24.4. The van der Waals surface area contributed by atoms with Crippen molar-refractivity contribution in [3.8, 4) is 5.75 Å². The molecule has 2 fully saturated rings. The number of aliphatic imine (C=N–C) groups is 1. The van der Waals surface area contributed by atoms with E-state index in [2.05, 4.69) is 30.9 Å². The fourth-order valence-corrected chi connectivity index (χ4v) is 5.23. The molecule has 3 atom stereocenters. The van der Waals surface area contributed by atoms with Crippen molar-refractivity contribution in [1.29, 1.82) is 0 Å². The lowest BCUT2D eigenvalue weighted by molar-refractivity contribution is -0.192. The summed E-state index contributed by atoms with van der Waals surface area (Å²) in [7, 11) is 1.71. The van der Waals surface area contributed by atoms with Gasteiger partial charge in [-0.2, -0.15) is 13.2 Å². The Labute approximate surface area is 191 Å². The Bertz CT molecular complexity index is 920. The Hall–Kier alpha value is -2.62. The Morgan fingerprint density at radius 1 is 1.30 bits per heavy atom. The highest BCUT2D eigenvalue weighted by atomic mass is 19.4. The van der Waals surface area contributed by atoms with E-state index in [0.29, 0.717) is 11.8 Å². The molecule has 1 aliphatic carbocycles. The van der Waals surface area contributed by atoms with Gasteiger partial charge in [0.25, 0.3) is 5.91 Å². The summed E-state index contributed by atoms with van der Waals surface area (Å²) in [6.07, 6.45) is -2.20. The van der Waals surface area contributed by atoms with E-state index in [1.165, 1.54) is 5.56 Å². The van der Waals surface area contributed by atoms with Crippen LogP contribution >= 0.6 is 0 Å². The fourth-order valence-electron chi connectivity index (χ4n) is 5.23. The number of likely N-dealkylation sites (tertiary alicyclic amines) is 1. The lowest BCUT2D eigenvalue weighted by atomic mass is 9.85. The lowest BCUT2D eigenvalue weighted by Crippen LogP contribution is -2.46. The maximum atomic E-state index is 13.2. The van der Waals surface area contributed by atoms with E-state index in [4.69, 9.17) is 19.6 Å². The number of nitrogens with zero attached hydrogens (tertiary/aromatic N) is 3. The first-order valence-electron chi connectivity index (χ1n) is 11.1. The van der Waals surface area contributed by atoms with Gasteiger partial charge >= 0.3 is 12.1 Å². The number of amides is 1. The van der Waals surface area contributed by atoms with E-state index in [1.54, 1.807) is 7.11 Å². The Balaban J connectivity index is 0.000000383. The third-order valence-electron chi connectivity index (χ3n) is 6.70. The topological polar surface area (TPSA) is 82.4 Å². The molecule has 2 heterocycles. The van der Waals surface area contributed by atoms with E-state index in [9.17, 15) is 18.0 Å². The van der Waals surface area contributed by atoms with Crippen molar-refractivity contribution in [2.75, 3.05) is 26.7 Å². The number of hydrogen-bond acceptors (Lipinski definition) is 5. The van der Waals surface area contributed by atoms with Crippen LogP contribution in [0.5, 0.6) is 5.75 Å². The van der Waals surface area contributed by atoms with Crippen molar-refractivity contribution < 1.29 is 32.6 Å². The third kappa shape index (κ3) is 5.00. The number of halogens is 3. The number of ether oxygens (including phenoxy) is 1. The van der Waals surface area contributed by atoms with E-state index in [1.807, 2.05) is 17.0 Å². The van der Waals surface area contributed by atoms with Crippen LogP contribution in [0.15, 0.2) is 29.3 Å². The SMILES string of the molecule is CCC1=N[C@@]2(CC[C@@H]3CN(Cc4cccc(OC)c4)C[C@@H]32)C(=O)N1CC.O=C(O)C(F)(F)F. The normalized spacial score (nSPS) is 26.8. The van der Waals surface area contributed by atoms with Gasteiger partial charge in [0.2, 0.25) is 0 Å². The smallest absolute Gasteiger partial charge is 0.490 e. The molecule has 182 valence electrons. The average Bonchev–Trinajstić information content (AvgIpc) is 3.41. The predicted octanol–water partition coefficient (Wildman–Crippen LogP) is 3.58. The molecule has 33 heavy (non-hydrogen) atoms. The molecule has 1 amide bonds. The molecule has 1 aromatic rings. The molecule has 0 unspecified atom stereocenters. The number of likely N-dealkylation sites (N-methyl/N-ethyl adjacent to an activating group) is 1. The predicted molar refractivity (Wildman–Crippen MR) is 116 cm³/mol. The molecule has 0 radical (unpaired) electrons. The van der Waals surface area contributed by atoms with Crippen molar-refractivity contribution in [3.63, 3.8) is 0 Å². The molecular formula is C23H30F3N3O4. The van der Waals surface area contributed by atoms with Crippen molar-refractivity contribution in [2.45, 2.75) is 51.4 Å². The van der Waals surface area contributed by atoms with Crippen LogP contribution in [0, 0.1) is 11.8 Å². The quantitative estimate of drug-likeness (QED) is 0.713. The van der Waals surface area contributed by atoms with Crippen molar-refractivity contribution in [1.82, 2.24) is 9.80 Å². The van der Waals surface area contributed by atoms with Crippen LogP contribution in [0.25, 0.3) is 0 Å². The standard InChI is InChI=1S/C21H29N3O2.C2HF3O2/c1-4-19-22-21(20(25)24(19)5-2)10-9-16-13-23(14-18(16)21)12-15-7-6-8-17(11-15)26-3;3-2(4,5)1(6)7/h6-8,11,16,18H,4-5,9-10,12-14H2,1-3H3;(H,6,7)/t16-,18+,21-;/m1./s1. The number of rotatable bonds is 5. The first kappa shape index (κ1) is 25.0. The molecule has 10 heteroatoms. The highest BCUT2D eigenvalue weighted by Gasteiger charge is 2.60. The molecule has 1 spiro atoms. The number of fused-ring (bicyclic) bond motifs is 2. The second-order valence-corrected chi connectivity index (χ2v) is 8.61. The summed E-state index contributed by atoms with van der Waals surface area (Å²) in [5.41, 5.74) is 0.791. The van der Waals surface area contributed by atoms with Gasteiger partial charge in [0.15, 0.2) is 0 Å². The lowest BCUT2D eigenvalue weighted by Gasteiger charge is -2.28. The van der Waals surface area contributed by atoms with Crippen molar-refractivity contribution in [3.05, 3.63) is 29.8 Å². The number of carbonyl (C=O) groups excluding carboxylic acids is 1. The molecular weight excluding hydrogens is 439 g/mol. The Morgan fingerprint density at radius 2 is 2.00 bits per heavy atom. The molecule has 1 saturated carbocycles. The first-order chi connectivity index (χ1) is 15.6. The summed E-state index contributed by atoms with van der Waals surface area (Å²) in [5, 5.41) is 7.12. The minimum atomic E-state index is -5.08. The number of carboxylic acid groups (broad SMARTS) is 1. The van der Waals surface area contributed by atoms with Gasteiger partial charge in [-0.05, 0) is 43.4 Å². The van der Waals surface area contributed by atoms with Crippen molar-refractivity contribution >= 4 is 17.7 Å². The second kappa shape index (κ2) is 9.70. The maximum absolute atomic E-state index is 13.2. The summed E-state index contributed by atoms with van der Waals surface area (Å²) in [4.78, 5) is 31.5. The monoisotopic (exact) mass is 469 g/mol. The number of benzene rings is 1. The van der Waals surface area contributed by atoms with E-state index >= 15 is 0 Å². The largest absolute Gasteiger partial charge is 0.497 e. The van der Waals surface area contributed by atoms with Crippen LogP contribution in [0.4, 0.5) is 13.2 Å². The molecule has 1 aromatic carbocycles. The van der Waals surface area contributed by atoms with Gasteiger partial charge in [-0.1, -0.05) is 19.1 Å². The van der Waals surface area contributed by atoms with Gasteiger partial charge < -0.3 is 9.84 Å². The van der Waals surface area contributed by atoms with Crippen LogP contribution in [0.3, 0.4) is 0 Å². The minimum Gasteiger partial charge on any atom is -0.497 e. The minimum absolute atomic E-state index is 0.257. The van der Waals surface area contributed by atoms with Gasteiger partial charge in [-0.3, -0.25) is 19.6 Å². The first-order valence-corrected chi connectivity index (χ1v) is 11.1. The van der Waals surface area contributed by atoms with Gasteiger partial charge in [0.05, 0.1) is 7.11 Å². The molecule has 3 aliphatic rings. The van der Waals surface area contributed by atoms with Crippen LogP contribution < -0.4 is 4.74 Å². The van der Waals surface area contributed by atoms with Gasteiger partial charge in [-0.15, -0.1) is 0 Å². The zero-order valence-corrected chi connectivity index (χ0v) is 19.1. The molecule has 7 nitrogen and oxygen atoms in total. The van der Waals surface area contributed by atoms with Crippen LogP contribution in [0.1, 0.15) is 38.7 Å². The number of aliphatic carboxylic acids is 1. The van der Waals surface area contributed by atoms with E-state index < -0.39 is 17.7 Å². The molecule has 2 aliphatic heterocycles. The maximum Gasteiger partial charge on any atom is 0.490 e. The Kier molecular flexibility index (Phi) is 7.36. The molecule has 0 bridgehead atoms. The average molecular weight is 470 g/mol. The molecule has 1 N–H and O–H groups in total. The highest BCUT2D eigenvalue weighted by Crippen LogP contribution is 2.50. The van der Waals surface area contributed by atoms with Gasteiger partial charge in [0.1, 0.15) is 17.1 Å². The third-order valence-corrected chi connectivity index (χ3v) is 6.70. The number of carbonyl (C=O) groups is 2. The van der Waals surface area contributed by atoms with E-state index in [0.717, 1.165) is 57.0 Å². The van der Waals surface area contributed by atoms with Crippen molar-refractivity contribution in [2.24, 2.45) is 16.8 Å². The summed E-state index contributed by atoms with van der Waals surface area (Å²) >= 11 is 0. The van der Waals surface area contributed by atoms with Gasteiger partial charge in [-0.25, -0.2) is 4.79 Å². The number of alkyl halides is 3. The molecule has 0 aromatic heterocycles. The Morgan fingerprint density at radius 3 is 2.55 bits per heavy atom.